The van der Waals surface area contributed by atoms with Gasteiger partial charge in [0.15, 0.2) is 11.0 Å². The fourth-order valence-electron chi connectivity index (χ4n) is 3.92. The van der Waals surface area contributed by atoms with Gasteiger partial charge in [-0.25, -0.2) is 4.57 Å². The van der Waals surface area contributed by atoms with Crippen LogP contribution in [0.2, 0.25) is 0 Å². The van der Waals surface area contributed by atoms with Crippen LogP contribution in [0.25, 0.3) is 22.1 Å². The van der Waals surface area contributed by atoms with E-state index in [-0.39, 0.29) is 0 Å². The number of pyridine rings is 1. The normalized spacial score (nSPS) is 11.4. The molecule has 2 aromatic heterocycles. The first-order valence-electron chi connectivity index (χ1n) is 8.66. The molecule has 0 aliphatic carbocycles. The van der Waals surface area contributed by atoms with Gasteiger partial charge in [-0.05, 0) is 50.1 Å². The lowest BCUT2D eigenvalue weighted by Crippen LogP contribution is -2.29. The molecular formula is C22H24N3+. The van der Waals surface area contributed by atoms with Gasteiger partial charge >= 0.3 is 0 Å². The van der Waals surface area contributed by atoms with Crippen molar-refractivity contribution in [2.75, 3.05) is 19.0 Å². The van der Waals surface area contributed by atoms with Gasteiger partial charge in [-0.3, -0.25) is 0 Å². The standard InChI is InChI=1S/C22H24N3/c1-15-11-16(2)21(17(3)12-15)24-13-19-10-9-18-7-6-8-20(23(4)5)22(18)25(19)14-24/h6-14H,1-5H3/q+1. The second kappa shape index (κ2) is 5.62. The quantitative estimate of drug-likeness (QED) is 0.497. The molecule has 2 heterocycles. The Balaban J connectivity index is 2.05. The number of imidazole rings is 1. The molecule has 4 rings (SSSR count). The van der Waals surface area contributed by atoms with Crippen LogP contribution in [0.4, 0.5) is 5.69 Å². The predicted octanol–water partition coefficient (Wildman–Crippen LogP) is 4.36. The molecule has 0 atom stereocenters. The minimum absolute atomic E-state index is 1.20. The SMILES string of the molecule is Cc1cc(C)c(-[n+]2cc3ccc4cccc(N(C)C)c4n3c2)c(C)c1. The van der Waals surface area contributed by atoms with E-state index in [4.69, 9.17) is 0 Å². The number of aromatic nitrogens is 2. The van der Waals surface area contributed by atoms with Crippen molar-refractivity contribution >= 4 is 22.1 Å². The first kappa shape index (κ1) is 15.7. The van der Waals surface area contributed by atoms with Gasteiger partial charge in [0.05, 0.1) is 5.69 Å². The number of rotatable bonds is 2. The summed E-state index contributed by atoms with van der Waals surface area (Å²) in [7, 11) is 4.19. The highest BCUT2D eigenvalue weighted by molar-refractivity contribution is 5.93. The number of para-hydroxylation sites is 1. The summed E-state index contributed by atoms with van der Waals surface area (Å²) in [5, 5.41) is 1.25. The van der Waals surface area contributed by atoms with Crippen LogP contribution in [0.5, 0.6) is 0 Å². The highest BCUT2D eigenvalue weighted by Crippen LogP contribution is 2.27. The van der Waals surface area contributed by atoms with Crippen molar-refractivity contribution < 1.29 is 4.57 Å². The monoisotopic (exact) mass is 330 g/mol. The van der Waals surface area contributed by atoms with E-state index in [0.717, 1.165) is 0 Å². The summed E-state index contributed by atoms with van der Waals surface area (Å²) in [5.41, 5.74) is 8.84. The second-order valence-corrected chi connectivity index (χ2v) is 7.14. The van der Waals surface area contributed by atoms with E-state index < -0.39 is 0 Å². The van der Waals surface area contributed by atoms with E-state index in [1.54, 1.807) is 0 Å². The summed E-state index contributed by atoms with van der Waals surface area (Å²) in [6.45, 7) is 6.53. The summed E-state index contributed by atoms with van der Waals surface area (Å²) in [6.07, 6.45) is 4.42. The van der Waals surface area contributed by atoms with Gasteiger partial charge in [-0.2, -0.15) is 4.40 Å². The molecule has 0 amide bonds. The van der Waals surface area contributed by atoms with E-state index in [1.165, 1.54) is 44.5 Å². The van der Waals surface area contributed by atoms with E-state index in [2.05, 4.69) is 104 Å². The van der Waals surface area contributed by atoms with Crippen LogP contribution in [-0.2, 0) is 0 Å². The number of aryl methyl sites for hydroxylation is 3. The Morgan fingerprint density at radius 2 is 1.64 bits per heavy atom. The average Bonchev–Trinajstić information content (AvgIpc) is 2.96. The summed E-state index contributed by atoms with van der Waals surface area (Å²) in [6, 6.07) is 15.4. The van der Waals surface area contributed by atoms with Crippen LogP contribution in [0.15, 0.2) is 55.0 Å². The third-order valence-corrected chi connectivity index (χ3v) is 4.89. The van der Waals surface area contributed by atoms with E-state index >= 15 is 0 Å². The molecular weight excluding hydrogens is 306 g/mol. The molecule has 0 unspecified atom stereocenters. The Kier molecular flexibility index (Phi) is 3.53. The zero-order chi connectivity index (χ0) is 17.7. The minimum atomic E-state index is 1.20. The number of anilines is 1. The molecule has 126 valence electrons. The largest absolute Gasteiger partial charge is 0.374 e. The molecule has 0 saturated carbocycles. The topological polar surface area (TPSA) is 11.5 Å². The molecule has 0 aliphatic heterocycles. The van der Waals surface area contributed by atoms with Gasteiger partial charge in [-0.1, -0.05) is 29.8 Å². The number of benzene rings is 2. The Morgan fingerprint density at radius 3 is 2.32 bits per heavy atom. The van der Waals surface area contributed by atoms with Gasteiger partial charge < -0.3 is 4.90 Å². The highest BCUT2D eigenvalue weighted by atomic mass is 15.1. The van der Waals surface area contributed by atoms with Gasteiger partial charge in [0.2, 0.25) is 0 Å². The Hall–Kier alpha value is -2.81. The van der Waals surface area contributed by atoms with E-state index in [9.17, 15) is 0 Å². The summed E-state index contributed by atoms with van der Waals surface area (Å²) in [5.74, 6) is 0. The highest BCUT2D eigenvalue weighted by Gasteiger charge is 2.18. The van der Waals surface area contributed by atoms with E-state index in [0.29, 0.717) is 0 Å². The molecule has 3 nitrogen and oxygen atoms in total. The lowest BCUT2D eigenvalue weighted by Gasteiger charge is -2.13. The van der Waals surface area contributed by atoms with Crippen LogP contribution >= 0.6 is 0 Å². The molecule has 0 aliphatic rings. The first-order valence-corrected chi connectivity index (χ1v) is 8.66. The van der Waals surface area contributed by atoms with Crippen LogP contribution in [-0.4, -0.2) is 18.5 Å². The maximum atomic E-state index is 2.30. The molecule has 4 aromatic rings. The molecule has 0 spiro atoms. The number of hydrogen-bond acceptors (Lipinski definition) is 1. The van der Waals surface area contributed by atoms with Crippen LogP contribution < -0.4 is 9.47 Å². The lowest BCUT2D eigenvalue weighted by molar-refractivity contribution is -0.594. The summed E-state index contributed by atoms with van der Waals surface area (Å²) in [4.78, 5) is 2.18. The lowest BCUT2D eigenvalue weighted by atomic mass is 10.1. The third kappa shape index (κ3) is 2.47. The van der Waals surface area contributed by atoms with Crippen molar-refractivity contribution in [2.24, 2.45) is 0 Å². The van der Waals surface area contributed by atoms with Gasteiger partial charge in [0, 0.05) is 19.5 Å². The second-order valence-electron chi connectivity index (χ2n) is 7.14. The molecule has 0 saturated heterocycles. The smallest absolute Gasteiger partial charge is 0.254 e. The Morgan fingerprint density at radius 1 is 0.920 bits per heavy atom. The Labute approximate surface area is 148 Å². The molecule has 0 fully saturated rings. The van der Waals surface area contributed by atoms with E-state index in [1.807, 2.05) is 0 Å². The molecule has 0 bridgehead atoms. The molecule has 25 heavy (non-hydrogen) atoms. The van der Waals surface area contributed by atoms with Gasteiger partial charge in [0.1, 0.15) is 11.9 Å². The molecule has 2 aromatic carbocycles. The van der Waals surface area contributed by atoms with Crippen molar-refractivity contribution in [3.05, 3.63) is 71.7 Å². The average molecular weight is 330 g/mol. The zero-order valence-corrected chi connectivity index (χ0v) is 15.5. The van der Waals surface area contributed by atoms with Crippen molar-refractivity contribution in [1.82, 2.24) is 4.40 Å². The van der Waals surface area contributed by atoms with Crippen molar-refractivity contribution in [3.63, 3.8) is 0 Å². The third-order valence-electron chi connectivity index (χ3n) is 4.89. The fourth-order valence-corrected chi connectivity index (χ4v) is 3.92. The molecule has 0 radical (unpaired) electrons. The minimum Gasteiger partial charge on any atom is -0.374 e. The maximum absolute atomic E-state index is 2.30. The summed E-state index contributed by atoms with van der Waals surface area (Å²) >= 11 is 0. The van der Waals surface area contributed by atoms with Crippen LogP contribution in [0.3, 0.4) is 0 Å². The van der Waals surface area contributed by atoms with Crippen molar-refractivity contribution in [1.29, 1.82) is 0 Å². The summed E-state index contributed by atoms with van der Waals surface area (Å²) < 4.78 is 4.55. The molecule has 3 heteroatoms. The van der Waals surface area contributed by atoms with Gasteiger partial charge in [0.25, 0.3) is 6.33 Å². The molecule has 0 N–H and O–H groups in total. The Bertz CT molecular complexity index is 1080. The van der Waals surface area contributed by atoms with Crippen LogP contribution in [0.1, 0.15) is 16.7 Å². The van der Waals surface area contributed by atoms with Gasteiger partial charge in [-0.15, -0.1) is 0 Å². The van der Waals surface area contributed by atoms with Crippen molar-refractivity contribution in [3.8, 4) is 5.69 Å². The number of nitrogens with zero attached hydrogens (tertiary/aromatic N) is 3. The first-order chi connectivity index (χ1) is 12.0. The predicted molar refractivity (Wildman–Crippen MR) is 105 cm³/mol. The van der Waals surface area contributed by atoms with Crippen LogP contribution in [0, 0.1) is 20.8 Å². The maximum Gasteiger partial charge on any atom is 0.254 e. The number of fused-ring (bicyclic) bond motifs is 3. The fraction of sp³-hybridized carbons (Fsp3) is 0.227. The number of hydrogen-bond donors (Lipinski definition) is 0. The zero-order valence-electron chi connectivity index (χ0n) is 15.5. The van der Waals surface area contributed by atoms with Crippen molar-refractivity contribution in [2.45, 2.75) is 20.8 Å².